The quantitative estimate of drug-likeness (QED) is 0.395. The van der Waals surface area contributed by atoms with Gasteiger partial charge in [-0.15, -0.1) is 0 Å². The fraction of sp³-hybridized carbons (Fsp3) is 0.545. The average molecular weight is 232 g/mol. The summed E-state index contributed by atoms with van der Waals surface area (Å²) in [4.78, 5) is 13.0. The number of halogens is 1. The summed E-state index contributed by atoms with van der Waals surface area (Å²) in [6.45, 7) is 5.84. The highest BCUT2D eigenvalue weighted by molar-refractivity contribution is 6.21. The number of hydrogen-bond donors (Lipinski definition) is 0. The molecule has 4 heteroatoms. The maximum absolute atomic E-state index is 11.2. The van der Waals surface area contributed by atoms with Gasteiger partial charge in [0.05, 0.1) is 12.7 Å². The average Bonchev–Trinajstić information content (AvgIpc) is 2.25. The van der Waals surface area contributed by atoms with Crippen LogP contribution in [0.15, 0.2) is 23.4 Å². The Morgan fingerprint density at radius 2 is 2.07 bits per heavy atom. The number of ether oxygens (including phenoxy) is 1. The molecule has 1 atom stereocenters. The molecule has 15 heavy (non-hydrogen) atoms. The molecule has 0 N–H and O–H groups in total. The number of esters is 1. The number of likely N-dealkylation sites (N-methyl/N-ethyl adjacent to an activating group) is 1. The third-order valence-electron chi connectivity index (χ3n) is 1.94. The summed E-state index contributed by atoms with van der Waals surface area (Å²) in [5, 5.41) is 0. The van der Waals surface area contributed by atoms with Crippen molar-refractivity contribution >= 4 is 17.6 Å². The van der Waals surface area contributed by atoms with Crippen LogP contribution in [0.2, 0.25) is 0 Å². The lowest BCUT2D eigenvalue weighted by atomic mass is 10.1. The molecule has 1 unspecified atom stereocenters. The fourth-order valence-corrected chi connectivity index (χ4v) is 1.36. The smallest absolute Gasteiger partial charge is 0.339 e. The second-order valence-corrected chi connectivity index (χ2v) is 3.37. The minimum atomic E-state index is -0.329. The summed E-state index contributed by atoms with van der Waals surface area (Å²) in [6, 6.07) is 0. The largest absolute Gasteiger partial charge is 0.465 e. The maximum atomic E-state index is 11.2. The van der Waals surface area contributed by atoms with E-state index < -0.39 is 0 Å². The highest BCUT2D eigenvalue weighted by Gasteiger charge is 2.20. The molecule has 0 fully saturated rings. The van der Waals surface area contributed by atoms with Crippen molar-refractivity contribution in [2.75, 3.05) is 14.2 Å². The van der Waals surface area contributed by atoms with Gasteiger partial charge in [-0.3, -0.25) is 0 Å². The first-order valence-corrected chi connectivity index (χ1v) is 5.35. The van der Waals surface area contributed by atoms with E-state index in [1.165, 1.54) is 7.11 Å². The van der Waals surface area contributed by atoms with Crippen LogP contribution in [0, 0.1) is 0 Å². The van der Waals surface area contributed by atoms with Crippen LogP contribution in [0.1, 0.15) is 20.8 Å². The number of rotatable bonds is 1. The van der Waals surface area contributed by atoms with E-state index in [0.29, 0.717) is 5.57 Å². The van der Waals surface area contributed by atoms with Crippen LogP contribution < -0.4 is 0 Å². The van der Waals surface area contributed by atoms with Gasteiger partial charge in [0.15, 0.2) is 0 Å². The molecule has 0 spiro atoms. The van der Waals surface area contributed by atoms with E-state index in [2.05, 4.69) is 4.74 Å². The van der Waals surface area contributed by atoms with Crippen molar-refractivity contribution in [1.82, 2.24) is 4.90 Å². The summed E-state index contributed by atoms with van der Waals surface area (Å²) < 4.78 is 4.63. The van der Waals surface area contributed by atoms with E-state index >= 15 is 0 Å². The fourth-order valence-electron chi connectivity index (χ4n) is 1.11. The Morgan fingerprint density at radius 3 is 2.53 bits per heavy atom. The van der Waals surface area contributed by atoms with Gasteiger partial charge < -0.3 is 9.64 Å². The van der Waals surface area contributed by atoms with Crippen molar-refractivity contribution in [3.05, 3.63) is 23.4 Å². The topological polar surface area (TPSA) is 29.5 Å². The first-order valence-electron chi connectivity index (χ1n) is 4.91. The Bertz CT molecular complexity index is 284. The zero-order valence-electron chi connectivity index (χ0n) is 9.87. The number of alkyl halides is 1. The van der Waals surface area contributed by atoms with Gasteiger partial charge in [0.2, 0.25) is 0 Å². The number of nitrogens with zero attached hydrogens (tertiary/aromatic N) is 1. The van der Waals surface area contributed by atoms with E-state index in [1.54, 1.807) is 11.1 Å². The molecular weight excluding hydrogens is 214 g/mol. The van der Waals surface area contributed by atoms with E-state index in [4.69, 9.17) is 11.6 Å². The Hall–Kier alpha value is -0.960. The Labute approximate surface area is 96.3 Å². The molecule has 0 aromatic rings. The summed E-state index contributed by atoms with van der Waals surface area (Å²) >= 11 is 5.93. The molecule has 3 nitrogen and oxygen atoms in total. The Kier molecular flexibility index (Phi) is 6.09. The van der Waals surface area contributed by atoms with Gasteiger partial charge in [-0.25, -0.2) is 4.79 Å². The van der Waals surface area contributed by atoms with Gasteiger partial charge in [-0.05, 0) is 18.6 Å². The minimum absolute atomic E-state index is 0.187. The maximum Gasteiger partial charge on any atom is 0.339 e. The van der Waals surface area contributed by atoms with E-state index in [-0.39, 0.29) is 11.5 Å². The monoisotopic (exact) mass is 231 g/mol. The predicted molar refractivity (Wildman–Crippen MR) is 62.6 cm³/mol. The Balaban J connectivity index is 0.000000921. The third-order valence-corrected chi connectivity index (χ3v) is 2.37. The van der Waals surface area contributed by atoms with Crippen LogP contribution in [0.3, 0.4) is 0 Å². The van der Waals surface area contributed by atoms with Crippen LogP contribution in [-0.2, 0) is 9.53 Å². The van der Waals surface area contributed by atoms with Crippen molar-refractivity contribution in [2.24, 2.45) is 0 Å². The summed E-state index contributed by atoms with van der Waals surface area (Å²) in [7, 11) is 3.17. The number of carbonyl (C=O) groups excluding carboxylic acids is 1. The lowest BCUT2D eigenvalue weighted by Gasteiger charge is -2.24. The number of methoxy groups -OCH3 is 1. The van der Waals surface area contributed by atoms with E-state index in [0.717, 1.165) is 5.57 Å². The van der Waals surface area contributed by atoms with Gasteiger partial charge in [0, 0.05) is 13.2 Å². The van der Waals surface area contributed by atoms with Crippen LogP contribution in [0.5, 0.6) is 0 Å². The van der Waals surface area contributed by atoms with Crippen LogP contribution in [0.25, 0.3) is 0 Å². The zero-order chi connectivity index (χ0) is 12.0. The molecule has 0 aliphatic carbocycles. The summed E-state index contributed by atoms with van der Waals surface area (Å²) in [5.74, 6) is -0.329. The summed E-state index contributed by atoms with van der Waals surface area (Å²) in [5.41, 5.74) is 1.22. The molecule has 0 saturated heterocycles. The van der Waals surface area contributed by atoms with Gasteiger partial charge in [-0.2, -0.15) is 0 Å². The third kappa shape index (κ3) is 3.59. The van der Waals surface area contributed by atoms with Crippen molar-refractivity contribution in [3.63, 3.8) is 0 Å². The van der Waals surface area contributed by atoms with E-state index in [9.17, 15) is 4.79 Å². The molecule has 0 amide bonds. The molecule has 1 heterocycles. The molecule has 0 radical (unpaired) electrons. The molecule has 0 aromatic heterocycles. The number of hydrogen-bond acceptors (Lipinski definition) is 3. The second kappa shape index (κ2) is 6.51. The SMILES string of the molecule is CC.COC(=O)C1=CN(C)C(Cl)C=C1C. The molecule has 86 valence electrons. The zero-order valence-corrected chi connectivity index (χ0v) is 10.6. The molecule has 0 aromatic carbocycles. The van der Waals surface area contributed by atoms with Gasteiger partial charge in [0.1, 0.15) is 5.50 Å². The molecule has 1 aliphatic rings. The van der Waals surface area contributed by atoms with Crippen LogP contribution in [-0.4, -0.2) is 30.5 Å². The molecule has 0 bridgehead atoms. The van der Waals surface area contributed by atoms with Gasteiger partial charge in [0.25, 0.3) is 0 Å². The second-order valence-electron chi connectivity index (χ2n) is 2.92. The van der Waals surface area contributed by atoms with Crippen molar-refractivity contribution in [3.8, 4) is 0 Å². The van der Waals surface area contributed by atoms with Gasteiger partial charge >= 0.3 is 5.97 Å². The van der Waals surface area contributed by atoms with Crippen LogP contribution >= 0.6 is 11.6 Å². The first kappa shape index (κ1) is 14.0. The summed E-state index contributed by atoms with van der Waals surface area (Å²) in [6.07, 6.45) is 3.51. The predicted octanol–water partition coefficient (Wildman–Crippen LogP) is 2.53. The first-order chi connectivity index (χ1) is 7.06. The van der Waals surface area contributed by atoms with E-state index in [1.807, 2.05) is 33.9 Å². The van der Waals surface area contributed by atoms with Crippen molar-refractivity contribution < 1.29 is 9.53 Å². The molecule has 1 rings (SSSR count). The molecular formula is C11H18ClNO2. The lowest BCUT2D eigenvalue weighted by Crippen LogP contribution is -2.26. The normalized spacial score (nSPS) is 19.6. The van der Waals surface area contributed by atoms with Crippen molar-refractivity contribution in [1.29, 1.82) is 0 Å². The lowest BCUT2D eigenvalue weighted by molar-refractivity contribution is -0.135. The number of carbonyl (C=O) groups is 1. The van der Waals surface area contributed by atoms with Crippen LogP contribution in [0.4, 0.5) is 0 Å². The van der Waals surface area contributed by atoms with Crippen molar-refractivity contribution in [2.45, 2.75) is 26.3 Å². The Morgan fingerprint density at radius 1 is 1.53 bits per heavy atom. The highest BCUT2D eigenvalue weighted by Crippen LogP contribution is 2.21. The molecule has 1 aliphatic heterocycles. The van der Waals surface area contributed by atoms with Gasteiger partial charge in [-0.1, -0.05) is 25.4 Å². The molecule has 0 saturated carbocycles. The minimum Gasteiger partial charge on any atom is -0.465 e. The highest BCUT2D eigenvalue weighted by atomic mass is 35.5. The standard InChI is InChI=1S/C9H12ClNO2.C2H6/c1-6-4-8(10)11(2)5-7(6)9(12)13-3;1-2/h4-5,8H,1-3H3;1-2H3.